The molecule has 3 amide bonds. The number of hydrogen-bond donors (Lipinski definition) is 6. The van der Waals surface area contributed by atoms with Crippen LogP contribution < -0.4 is 21.3 Å². The van der Waals surface area contributed by atoms with Crippen LogP contribution in [0.5, 0.6) is 0 Å². The fourth-order valence-corrected chi connectivity index (χ4v) is 4.66. The fourth-order valence-electron chi connectivity index (χ4n) is 4.09. The van der Waals surface area contributed by atoms with Crippen LogP contribution in [-0.2, 0) is 0 Å². The van der Waals surface area contributed by atoms with Crippen molar-refractivity contribution in [1.82, 2.24) is 15.1 Å². The van der Waals surface area contributed by atoms with Crippen LogP contribution >= 0.6 is 23.2 Å². The molecule has 0 saturated carbocycles. The highest BCUT2D eigenvalue weighted by atomic mass is 35.5. The summed E-state index contributed by atoms with van der Waals surface area (Å²) >= 11 is 12.3. The molecule has 44 heavy (non-hydrogen) atoms. The monoisotopic (exact) mass is 635 g/mol. The SMILES string of the molecule is Cc1cc(NC(=O)c2cccc(NC(O)/C=C/CN(C)C)c2)ccc1NC(=O)c1[nH]ncc1NC(=O)c1c(Cl)cccc1Cl. The molecule has 228 valence electrons. The fraction of sp³-hybridized carbons (Fsp3) is 0.161. The lowest BCUT2D eigenvalue weighted by molar-refractivity contribution is 0.101. The molecule has 4 aromatic rings. The Morgan fingerprint density at radius 3 is 2.32 bits per heavy atom. The average Bonchev–Trinajstić information content (AvgIpc) is 3.42. The van der Waals surface area contributed by atoms with Gasteiger partial charge in [-0.2, -0.15) is 5.10 Å². The molecule has 1 atom stereocenters. The maximum Gasteiger partial charge on any atom is 0.275 e. The summed E-state index contributed by atoms with van der Waals surface area (Å²) in [4.78, 5) is 40.8. The lowest BCUT2D eigenvalue weighted by atomic mass is 10.1. The standard InChI is InChI=1S/C31H31Cl2N7O4/c1-18-15-21(36-29(42)19-7-4-8-20(16-19)35-26(41)11-6-14-40(2)3)12-13-24(18)37-31(44)28-25(17-34-39-28)38-30(43)27-22(32)9-5-10-23(27)33/h4-13,15-17,26,35,41H,14H2,1-3H3,(H,34,39)(H,36,42)(H,37,44)(H,38,43)/b11-6+. The molecule has 4 rings (SSSR count). The van der Waals surface area contributed by atoms with E-state index in [-0.39, 0.29) is 32.9 Å². The number of amides is 3. The molecule has 3 aromatic carbocycles. The second kappa shape index (κ2) is 14.7. The Morgan fingerprint density at radius 2 is 1.61 bits per heavy atom. The highest BCUT2D eigenvalue weighted by Crippen LogP contribution is 2.27. The number of aliphatic hydroxyl groups excluding tert-OH is 1. The number of anilines is 4. The lowest BCUT2D eigenvalue weighted by Crippen LogP contribution is -2.19. The summed E-state index contributed by atoms with van der Waals surface area (Å²) in [5, 5.41) is 28.2. The number of likely N-dealkylation sites (N-methyl/N-ethyl adjacent to an activating group) is 1. The quantitative estimate of drug-likeness (QED) is 0.0923. The van der Waals surface area contributed by atoms with E-state index >= 15 is 0 Å². The predicted octanol–water partition coefficient (Wildman–Crippen LogP) is 5.63. The van der Waals surface area contributed by atoms with Gasteiger partial charge in [-0.3, -0.25) is 19.5 Å². The third kappa shape index (κ3) is 8.45. The Kier molecular flexibility index (Phi) is 10.7. The van der Waals surface area contributed by atoms with Gasteiger partial charge in [0.15, 0.2) is 0 Å². The molecule has 1 heterocycles. The molecule has 0 aliphatic carbocycles. The molecule has 0 bridgehead atoms. The molecule has 0 aliphatic rings. The van der Waals surface area contributed by atoms with E-state index in [1.54, 1.807) is 61.5 Å². The molecule has 1 unspecified atom stereocenters. The van der Waals surface area contributed by atoms with Gasteiger partial charge < -0.3 is 31.3 Å². The number of aryl methyl sites for hydroxylation is 1. The summed E-state index contributed by atoms with van der Waals surface area (Å²) in [5.41, 5.74) is 2.87. The maximum atomic E-state index is 13.1. The highest BCUT2D eigenvalue weighted by molar-refractivity contribution is 6.40. The van der Waals surface area contributed by atoms with Gasteiger partial charge >= 0.3 is 0 Å². The molecule has 0 aliphatic heterocycles. The molecule has 1 aromatic heterocycles. The van der Waals surface area contributed by atoms with E-state index in [1.807, 2.05) is 25.1 Å². The summed E-state index contributed by atoms with van der Waals surface area (Å²) in [7, 11) is 3.86. The van der Waals surface area contributed by atoms with Crippen molar-refractivity contribution in [3.8, 4) is 0 Å². The van der Waals surface area contributed by atoms with Crippen LogP contribution in [-0.4, -0.2) is 64.8 Å². The van der Waals surface area contributed by atoms with E-state index in [0.29, 0.717) is 34.7 Å². The third-order valence-corrected chi connectivity index (χ3v) is 6.90. The number of aromatic amines is 1. The topological polar surface area (TPSA) is 151 Å². The van der Waals surface area contributed by atoms with Gasteiger partial charge in [0.25, 0.3) is 17.7 Å². The van der Waals surface area contributed by atoms with Crippen molar-refractivity contribution in [3.63, 3.8) is 0 Å². The van der Waals surface area contributed by atoms with Crippen molar-refractivity contribution in [2.45, 2.75) is 13.2 Å². The molecule has 0 spiro atoms. The van der Waals surface area contributed by atoms with Crippen LogP contribution in [0.25, 0.3) is 0 Å². The summed E-state index contributed by atoms with van der Waals surface area (Å²) in [6.45, 7) is 2.46. The van der Waals surface area contributed by atoms with Crippen molar-refractivity contribution in [1.29, 1.82) is 0 Å². The Labute approximate surface area is 264 Å². The number of aromatic nitrogens is 2. The van der Waals surface area contributed by atoms with Gasteiger partial charge in [0, 0.05) is 29.2 Å². The van der Waals surface area contributed by atoms with Crippen LogP contribution in [0.3, 0.4) is 0 Å². The number of benzene rings is 3. The minimum absolute atomic E-state index is 0.0186. The minimum atomic E-state index is -0.909. The molecule has 0 fully saturated rings. The Bertz CT molecular complexity index is 1680. The van der Waals surface area contributed by atoms with Gasteiger partial charge in [0.1, 0.15) is 11.9 Å². The molecule has 0 radical (unpaired) electrons. The Balaban J connectivity index is 1.38. The van der Waals surface area contributed by atoms with Gasteiger partial charge in [0.05, 0.1) is 27.5 Å². The zero-order valence-electron chi connectivity index (χ0n) is 24.1. The molecule has 6 N–H and O–H groups in total. The van der Waals surface area contributed by atoms with Crippen molar-refractivity contribution in [2.24, 2.45) is 0 Å². The zero-order valence-corrected chi connectivity index (χ0v) is 25.6. The Hall–Kier alpha value is -4.68. The largest absolute Gasteiger partial charge is 0.370 e. The van der Waals surface area contributed by atoms with Crippen LogP contribution in [0.2, 0.25) is 10.0 Å². The number of carbonyl (C=O) groups excluding carboxylic acids is 3. The number of hydrogen-bond acceptors (Lipinski definition) is 7. The Morgan fingerprint density at radius 1 is 0.909 bits per heavy atom. The minimum Gasteiger partial charge on any atom is -0.370 e. The van der Waals surface area contributed by atoms with E-state index in [2.05, 4.69) is 31.5 Å². The average molecular weight is 637 g/mol. The number of nitrogens with zero attached hydrogens (tertiary/aromatic N) is 2. The van der Waals surface area contributed by atoms with Crippen molar-refractivity contribution in [2.75, 3.05) is 41.9 Å². The summed E-state index contributed by atoms with van der Waals surface area (Å²) in [6.07, 6.45) is 3.87. The first-order valence-corrected chi connectivity index (χ1v) is 14.2. The van der Waals surface area contributed by atoms with E-state index in [4.69, 9.17) is 23.2 Å². The van der Waals surface area contributed by atoms with E-state index in [9.17, 15) is 19.5 Å². The number of carbonyl (C=O) groups is 3. The van der Waals surface area contributed by atoms with Crippen LogP contribution in [0.4, 0.5) is 22.7 Å². The van der Waals surface area contributed by atoms with Gasteiger partial charge in [-0.1, -0.05) is 41.4 Å². The van der Waals surface area contributed by atoms with Gasteiger partial charge in [-0.05, 0) is 81.2 Å². The summed E-state index contributed by atoms with van der Waals surface area (Å²) in [6, 6.07) is 16.5. The normalized spacial score (nSPS) is 11.8. The second-order valence-electron chi connectivity index (χ2n) is 10.0. The van der Waals surface area contributed by atoms with Crippen LogP contribution in [0, 0.1) is 6.92 Å². The van der Waals surface area contributed by atoms with Crippen LogP contribution in [0.15, 0.2) is 79.0 Å². The number of halogens is 2. The first-order chi connectivity index (χ1) is 21.0. The second-order valence-corrected chi connectivity index (χ2v) is 10.8. The van der Waals surface area contributed by atoms with Crippen molar-refractivity contribution >= 4 is 63.7 Å². The highest BCUT2D eigenvalue weighted by Gasteiger charge is 2.20. The molecule has 13 heteroatoms. The number of H-pyrrole nitrogens is 1. The molecular formula is C31H31Cl2N7O4. The number of nitrogens with one attached hydrogen (secondary N) is 5. The van der Waals surface area contributed by atoms with Crippen LogP contribution in [0.1, 0.15) is 36.8 Å². The summed E-state index contributed by atoms with van der Waals surface area (Å²) < 4.78 is 0. The van der Waals surface area contributed by atoms with E-state index < -0.39 is 18.0 Å². The predicted molar refractivity (Wildman–Crippen MR) is 174 cm³/mol. The van der Waals surface area contributed by atoms with Crippen molar-refractivity contribution < 1.29 is 19.5 Å². The third-order valence-electron chi connectivity index (χ3n) is 6.27. The number of aliphatic hydroxyl groups is 1. The first kappa shape index (κ1) is 32.2. The van der Waals surface area contributed by atoms with E-state index in [1.165, 1.54) is 18.3 Å². The van der Waals surface area contributed by atoms with Gasteiger partial charge in [-0.25, -0.2) is 0 Å². The van der Waals surface area contributed by atoms with Gasteiger partial charge in [0.2, 0.25) is 0 Å². The van der Waals surface area contributed by atoms with E-state index in [0.717, 1.165) is 0 Å². The van der Waals surface area contributed by atoms with Gasteiger partial charge in [-0.15, -0.1) is 0 Å². The smallest absolute Gasteiger partial charge is 0.275 e. The first-order valence-electron chi connectivity index (χ1n) is 13.4. The lowest BCUT2D eigenvalue weighted by Gasteiger charge is -2.13. The maximum absolute atomic E-state index is 13.1. The molecular weight excluding hydrogens is 605 g/mol. The summed E-state index contributed by atoms with van der Waals surface area (Å²) in [5.74, 6) is -1.49. The molecule has 0 saturated heterocycles. The van der Waals surface area contributed by atoms with Crippen molar-refractivity contribution in [3.05, 3.63) is 111 Å². The number of rotatable bonds is 11. The zero-order chi connectivity index (χ0) is 31.8. The molecule has 11 nitrogen and oxygen atoms in total.